The van der Waals surface area contributed by atoms with Crippen LogP contribution in [0.15, 0.2) is 42.7 Å². The van der Waals surface area contributed by atoms with Gasteiger partial charge in [-0.25, -0.2) is 9.97 Å². The van der Waals surface area contributed by atoms with Gasteiger partial charge in [0.15, 0.2) is 0 Å². The fourth-order valence-electron chi connectivity index (χ4n) is 2.39. The number of anilines is 4. The van der Waals surface area contributed by atoms with Crippen LogP contribution in [0.1, 0.15) is 5.56 Å². The third-order valence-electron chi connectivity index (χ3n) is 3.76. The predicted octanol–water partition coefficient (Wildman–Crippen LogP) is 6.85. The van der Waals surface area contributed by atoms with Gasteiger partial charge < -0.3 is 10.6 Å². The number of hydrogen-bond donors (Lipinski definition) is 2. The van der Waals surface area contributed by atoms with Crippen LogP contribution in [0, 0.1) is 10.1 Å². The second-order valence-electron chi connectivity index (χ2n) is 5.72. The highest BCUT2D eigenvalue weighted by Gasteiger charge is 2.31. The SMILES string of the molecule is O=[N+]([O-])c1c(Nc2cc(C(F)(F)F)ccc2Cl)ncnc1Nc1cccc(Cl)c1Cl. The van der Waals surface area contributed by atoms with Crippen molar-refractivity contribution in [2.75, 3.05) is 10.6 Å². The quantitative estimate of drug-likeness (QED) is 0.308. The number of halogens is 6. The van der Waals surface area contributed by atoms with Crippen molar-refractivity contribution in [2.24, 2.45) is 0 Å². The molecule has 0 spiro atoms. The lowest BCUT2D eigenvalue weighted by atomic mass is 10.2. The van der Waals surface area contributed by atoms with Crippen LogP contribution in [0.25, 0.3) is 0 Å². The molecule has 0 unspecified atom stereocenters. The summed E-state index contributed by atoms with van der Waals surface area (Å²) in [6, 6.07) is 7.11. The van der Waals surface area contributed by atoms with E-state index in [1.165, 1.54) is 12.1 Å². The summed E-state index contributed by atoms with van der Waals surface area (Å²) in [4.78, 5) is 18.5. The minimum absolute atomic E-state index is 0.0942. The van der Waals surface area contributed by atoms with Crippen LogP contribution in [0.2, 0.25) is 15.1 Å². The van der Waals surface area contributed by atoms with Crippen LogP contribution in [0.3, 0.4) is 0 Å². The third kappa shape index (κ3) is 4.66. The van der Waals surface area contributed by atoms with Crippen LogP contribution >= 0.6 is 34.8 Å². The van der Waals surface area contributed by atoms with Crippen LogP contribution in [-0.2, 0) is 6.18 Å². The van der Waals surface area contributed by atoms with Gasteiger partial charge in [0.25, 0.3) is 0 Å². The van der Waals surface area contributed by atoms with E-state index in [1.54, 1.807) is 6.07 Å². The number of aromatic nitrogens is 2. The van der Waals surface area contributed by atoms with Gasteiger partial charge in [-0.1, -0.05) is 40.9 Å². The van der Waals surface area contributed by atoms with Gasteiger partial charge in [0.2, 0.25) is 11.6 Å². The molecule has 0 saturated heterocycles. The van der Waals surface area contributed by atoms with E-state index in [-0.39, 0.29) is 38.1 Å². The maximum absolute atomic E-state index is 13.0. The molecule has 0 aliphatic rings. The standard InChI is InChI=1S/C17H9Cl3F3N5O2/c18-9-5-4-8(17(21,22)23)6-12(9)27-16-14(28(29)30)15(24-7-25-16)26-11-3-1-2-10(19)13(11)20/h1-7H,(H2,24,25,26,27). The molecular formula is C17H9Cl3F3N5O2. The summed E-state index contributed by atoms with van der Waals surface area (Å²) in [6.45, 7) is 0. The first-order valence-corrected chi connectivity index (χ1v) is 9.05. The number of nitrogens with zero attached hydrogens (tertiary/aromatic N) is 3. The minimum atomic E-state index is -4.63. The van der Waals surface area contributed by atoms with E-state index in [0.29, 0.717) is 0 Å². The maximum atomic E-state index is 13.0. The van der Waals surface area contributed by atoms with Crippen molar-refractivity contribution in [1.29, 1.82) is 0 Å². The fraction of sp³-hybridized carbons (Fsp3) is 0.0588. The van der Waals surface area contributed by atoms with Gasteiger partial charge in [0, 0.05) is 0 Å². The number of nitro groups is 1. The molecule has 156 valence electrons. The molecule has 0 bridgehead atoms. The van der Waals surface area contributed by atoms with E-state index in [2.05, 4.69) is 20.6 Å². The Bertz CT molecular complexity index is 1130. The number of nitrogens with one attached hydrogen (secondary N) is 2. The van der Waals surface area contributed by atoms with E-state index in [1.807, 2.05) is 0 Å². The Morgan fingerprint density at radius 1 is 0.933 bits per heavy atom. The van der Waals surface area contributed by atoms with E-state index < -0.39 is 22.4 Å². The lowest BCUT2D eigenvalue weighted by Gasteiger charge is -2.13. The van der Waals surface area contributed by atoms with Crippen molar-refractivity contribution in [2.45, 2.75) is 6.18 Å². The molecule has 1 heterocycles. The molecule has 13 heteroatoms. The lowest BCUT2D eigenvalue weighted by Crippen LogP contribution is -2.08. The van der Waals surface area contributed by atoms with E-state index in [0.717, 1.165) is 24.5 Å². The van der Waals surface area contributed by atoms with Crippen molar-refractivity contribution in [1.82, 2.24) is 9.97 Å². The van der Waals surface area contributed by atoms with Gasteiger partial charge in [-0.3, -0.25) is 10.1 Å². The Morgan fingerprint density at radius 2 is 1.57 bits per heavy atom. The average molecular weight is 479 g/mol. The summed E-state index contributed by atoms with van der Waals surface area (Å²) in [5.41, 5.74) is -1.62. The molecule has 0 fully saturated rings. The largest absolute Gasteiger partial charge is 0.416 e. The summed E-state index contributed by atoms with van der Waals surface area (Å²) in [7, 11) is 0. The third-order valence-corrected chi connectivity index (χ3v) is 4.90. The number of alkyl halides is 3. The molecule has 0 aliphatic carbocycles. The van der Waals surface area contributed by atoms with E-state index >= 15 is 0 Å². The number of hydrogen-bond acceptors (Lipinski definition) is 6. The first-order chi connectivity index (χ1) is 14.1. The smallest absolute Gasteiger partial charge is 0.333 e. The molecule has 3 rings (SSSR count). The Kier molecular flexibility index (Phi) is 6.20. The topological polar surface area (TPSA) is 93.0 Å². The highest BCUT2D eigenvalue weighted by Crippen LogP contribution is 2.39. The van der Waals surface area contributed by atoms with Crippen LogP contribution < -0.4 is 10.6 Å². The first kappa shape index (κ1) is 21.9. The zero-order chi connectivity index (χ0) is 22.1. The maximum Gasteiger partial charge on any atom is 0.416 e. The fourth-order valence-corrected chi connectivity index (χ4v) is 2.90. The summed E-state index contributed by atoms with van der Waals surface area (Å²) in [5.74, 6) is -0.637. The number of benzene rings is 2. The molecular weight excluding hydrogens is 470 g/mol. The predicted molar refractivity (Wildman–Crippen MR) is 108 cm³/mol. The minimum Gasteiger partial charge on any atom is -0.333 e. The molecule has 0 atom stereocenters. The molecule has 0 saturated carbocycles. The average Bonchev–Trinajstić information content (AvgIpc) is 2.66. The van der Waals surface area contributed by atoms with Gasteiger partial charge in [-0.15, -0.1) is 0 Å². The van der Waals surface area contributed by atoms with Crippen molar-refractivity contribution in [3.8, 4) is 0 Å². The van der Waals surface area contributed by atoms with Gasteiger partial charge in [-0.05, 0) is 30.3 Å². The lowest BCUT2D eigenvalue weighted by molar-refractivity contribution is -0.383. The van der Waals surface area contributed by atoms with Crippen LogP contribution in [-0.4, -0.2) is 14.9 Å². The van der Waals surface area contributed by atoms with E-state index in [4.69, 9.17) is 34.8 Å². The van der Waals surface area contributed by atoms with E-state index in [9.17, 15) is 23.3 Å². The Balaban J connectivity index is 2.04. The summed E-state index contributed by atoms with van der Waals surface area (Å²) in [5, 5.41) is 17.0. The molecule has 2 N–H and O–H groups in total. The zero-order valence-corrected chi connectivity index (χ0v) is 16.7. The molecule has 0 amide bonds. The monoisotopic (exact) mass is 477 g/mol. The van der Waals surface area contributed by atoms with Crippen molar-refractivity contribution >= 4 is 63.5 Å². The van der Waals surface area contributed by atoms with Gasteiger partial charge in [0.1, 0.15) is 6.33 Å². The highest BCUT2D eigenvalue weighted by atomic mass is 35.5. The number of rotatable bonds is 5. The molecule has 30 heavy (non-hydrogen) atoms. The Labute approximate surface area is 182 Å². The van der Waals surface area contributed by atoms with Gasteiger partial charge in [0.05, 0.1) is 36.9 Å². The summed E-state index contributed by atoms with van der Waals surface area (Å²) in [6.07, 6.45) is -3.65. The van der Waals surface area contributed by atoms with Gasteiger partial charge in [-0.2, -0.15) is 13.2 Å². The van der Waals surface area contributed by atoms with Gasteiger partial charge >= 0.3 is 11.9 Å². The molecule has 0 radical (unpaired) electrons. The summed E-state index contributed by atoms with van der Waals surface area (Å²) >= 11 is 18.0. The molecule has 7 nitrogen and oxygen atoms in total. The second kappa shape index (κ2) is 8.50. The van der Waals surface area contributed by atoms with Crippen molar-refractivity contribution in [3.63, 3.8) is 0 Å². The van der Waals surface area contributed by atoms with Crippen LogP contribution in [0.5, 0.6) is 0 Å². The molecule has 2 aromatic carbocycles. The molecule has 3 aromatic rings. The normalized spacial score (nSPS) is 11.3. The Hall–Kier alpha value is -2.82. The van der Waals surface area contributed by atoms with Crippen molar-refractivity contribution < 1.29 is 18.1 Å². The molecule has 0 aliphatic heterocycles. The molecule has 1 aromatic heterocycles. The first-order valence-electron chi connectivity index (χ1n) is 7.92. The second-order valence-corrected chi connectivity index (χ2v) is 6.91. The zero-order valence-electron chi connectivity index (χ0n) is 14.5. The van der Waals surface area contributed by atoms with Crippen molar-refractivity contribution in [3.05, 3.63) is 73.5 Å². The summed E-state index contributed by atoms with van der Waals surface area (Å²) < 4.78 is 39.0. The Morgan fingerprint density at radius 3 is 2.17 bits per heavy atom. The van der Waals surface area contributed by atoms with Crippen LogP contribution in [0.4, 0.5) is 41.9 Å². The highest BCUT2D eigenvalue weighted by molar-refractivity contribution is 6.43.